The molecular weight excluding hydrogens is 332 g/mol. The van der Waals surface area contributed by atoms with Gasteiger partial charge in [0.15, 0.2) is 0 Å². The van der Waals surface area contributed by atoms with E-state index in [1.165, 1.54) is 24.3 Å². The third kappa shape index (κ3) is 2.95. The van der Waals surface area contributed by atoms with Crippen LogP contribution in [-0.2, 0) is 0 Å². The van der Waals surface area contributed by atoms with Gasteiger partial charge in [0.2, 0.25) is 0 Å². The first-order valence-corrected chi connectivity index (χ1v) is 6.50. The minimum absolute atomic E-state index is 0.0991. The molecule has 0 atom stereocenters. The first kappa shape index (κ1) is 14.4. The number of nitrogens with zero attached hydrogens (tertiary/aromatic N) is 1. The van der Waals surface area contributed by atoms with Crippen LogP contribution in [0.25, 0.3) is 11.1 Å². The number of benzene rings is 2. The van der Waals surface area contributed by atoms with Gasteiger partial charge >= 0.3 is 0 Å². The van der Waals surface area contributed by atoms with Crippen LogP contribution in [0.1, 0.15) is 0 Å². The lowest BCUT2D eigenvalue weighted by Crippen LogP contribution is -1.89. The van der Waals surface area contributed by atoms with E-state index in [4.69, 9.17) is 46.4 Å². The molecule has 2 rings (SSSR count). The van der Waals surface area contributed by atoms with Gasteiger partial charge in [-0.15, -0.1) is 0 Å². The quantitative estimate of drug-likeness (QED) is 0.390. The molecule has 98 valence electrons. The van der Waals surface area contributed by atoms with E-state index in [-0.39, 0.29) is 10.7 Å². The molecule has 0 saturated heterocycles. The van der Waals surface area contributed by atoms with Crippen LogP contribution in [0.15, 0.2) is 30.3 Å². The van der Waals surface area contributed by atoms with Gasteiger partial charge < -0.3 is 0 Å². The average molecular weight is 337 g/mol. The number of rotatable bonds is 2. The molecule has 0 heterocycles. The van der Waals surface area contributed by atoms with Crippen LogP contribution >= 0.6 is 46.4 Å². The maximum Gasteiger partial charge on any atom is 0.270 e. The van der Waals surface area contributed by atoms with Crippen LogP contribution in [0.3, 0.4) is 0 Å². The molecule has 0 radical (unpaired) electrons. The van der Waals surface area contributed by atoms with Gasteiger partial charge in [0.1, 0.15) is 0 Å². The van der Waals surface area contributed by atoms with Crippen molar-refractivity contribution in [3.8, 4) is 11.1 Å². The summed E-state index contributed by atoms with van der Waals surface area (Å²) in [6, 6.07) is 7.21. The summed E-state index contributed by atoms with van der Waals surface area (Å²) in [5.74, 6) is 0. The van der Waals surface area contributed by atoms with Crippen molar-refractivity contribution < 1.29 is 4.92 Å². The topological polar surface area (TPSA) is 43.1 Å². The molecule has 0 unspecified atom stereocenters. The predicted molar refractivity (Wildman–Crippen MR) is 78.6 cm³/mol. The number of nitro benzene ring substituents is 1. The zero-order chi connectivity index (χ0) is 14.2. The summed E-state index contributed by atoms with van der Waals surface area (Å²) in [6.45, 7) is 0. The minimum atomic E-state index is -0.526. The molecule has 0 bridgehead atoms. The largest absolute Gasteiger partial charge is 0.270 e. The van der Waals surface area contributed by atoms with Gasteiger partial charge in [-0.05, 0) is 18.2 Å². The lowest BCUT2D eigenvalue weighted by Gasteiger charge is -2.09. The molecule has 7 heteroatoms. The Morgan fingerprint density at radius 2 is 1.58 bits per heavy atom. The number of nitro groups is 1. The number of halogens is 4. The molecule has 0 aliphatic heterocycles. The van der Waals surface area contributed by atoms with Crippen LogP contribution in [0.5, 0.6) is 0 Å². The first-order chi connectivity index (χ1) is 8.90. The van der Waals surface area contributed by atoms with E-state index in [9.17, 15) is 10.1 Å². The van der Waals surface area contributed by atoms with E-state index in [1.54, 1.807) is 6.07 Å². The molecule has 0 fully saturated rings. The van der Waals surface area contributed by atoms with Crippen LogP contribution in [0.4, 0.5) is 5.69 Å². The molecule has 0 aliphatic carbocycles. The summed E-state index contributed by atoms with van der Waals surface area (Å²) in [7, 11) is 0. The van der Waals surface area contributed by atoms with E-state index in [1.807, 2.05) is 0 Å². The third-order valence-electron chi connectivity index (χ3n) is 2.45. The highest BCUT2D eigenvalue weighted by Crippen LogP contribution is 2.40. The number of hydrogen-bond acceptors (Lipinski definition) is 2. The molecule has 2 aromatic carbocycles. The Kier molecular flexibility index (Phi) is 4.21. The summed E-state index contributed by atoms with van der Waals surface area (Å²) >= 11 is 24.0. The standard InChI is InChI=1S/C12H5Cl4NO2/c13-6-3-9(12(16)11(15)4-6)8-2-1-7(17(18)19)5-10(8)14/h1-5H. The molecule has 0 amide bonds. The highest BCUT2D eigenvalue weighted by atomic mass is 35.5. The van der Waals surface area contributed by atoms with Crippen LogP contribution in [-0.4, -0.2) is 4.92 Å². The number of hydrogen-bond donors (Lipinski definition) is 0. The summed E-state index contributed by atoms with van der Waals surface area (Å²) < 4.78 is 0. The third-order valence-corrected chi connectivity index (χ3v) is 3.78. The Morgan fingerprint density at radius 1 is 0.895 bits per heavy atom. The fourth-order valence-electron chi connectivity index (χ4n) is 1.59. The fourth-order valence-corrected chi connectivity index (χ4v) is 2.57. The minimum Gasteiger partial charge on any atom is -0.258 e. The van der Waals surface area contributed by atoms with Gasteiger partial charge in [0.25, 0.3) is 5.69 Å². The first-order valence-electron chi connectivity index (χ1n) is 4.99. The normalized spacial score (nSPS) is 10.5. The second kappa shape index (κ2) is 5.55. The van der Waals surface area contributed by atoms with Gasteiger partial charge in [-0.2, -0.15) is 0 Å². The second-order valence-corrected chi connectivity index (χ2v) is 5.30. The van der Waals surface area contributed by atoms with Crippen molar-refractivity contribution in [2.24, 2.45) is 0 Å². The van der Waals surface area contributed by atoms with Gasteiger partial charge in [0.05, 0.1) is 20.0 Å². The Balaban J connectivity index is 2.63. The Morgan fingerprint density at radius 3 is 2.16 bits per heavy atom. The Labute approximate surface area is 128 Å². The molecule has 2 aromatic rings. The number of non-ortho nitro benzene ring substituents is 1. The molecule has 0 spiro atoms. The highest BCUT2D eigenvalue weighted by molar-refractivity contribution is 6.45. The molecule has 0 aliphatic rings. The molecule has 0 saturated carbocycles. The maximum absolute atomic E-state index is 10.7. The zero-order valence-corrected chi connectivity index (χ0v) is 12.2. The summed E-state index contributed by atoms with van der Waals surface area (Å²) in [6.07, 6.45) is 0. The van der Waals surface area contributed by atoms with Crippen molar-refractivity contribution in [3.05, 3.63) is 60.5 Å². The van der Waals surface area contributed by atoms with Crippen molar-refractivity contribution in [1.29, 1.82) is 0 Å². The molecule has 19 heavy (non-hydrogen) atoms. The van der Waals surface area contributed by atoms with E-state index in [2.05, 4.69) is 0 Å². The maximum atomic E-state index is 10.7. The summed E-state index contributed by atoms with van der Waals surface area (Å²) in [5, 5.41) is 11.8. The van der Waals surface area contributed by atoms with Crippen LogP contribution in [0, 0.1) is 10.1 Å². The summed E-state index contributed by atoms with van der Waals surface area (Å²) in [4.78, 5) is 10.1. The van der Waals surface area contributed by atoms with Crippen molar-refractivity contribution >= 4 is 52.1 Å². The smallest absolute Gasteiger partial charge is 0.258 e. The SMILES string of the molecule is O=[N+]([O-])c1ccc(-c2cc(Cl)cc(Cl)c2Cl)c(Cl)c1. The van der Waals surface area contributed by atoms with Crippen molar-refractivity contribution in [1.82, 2.24) is 0 Å². The lowest BCUT2D eigenvalue weighted by atomic mass is 10.1. The highest BCUT2D eigenvalue weighted by Gasteiger charge is 2.15. The van der Waals surface area contributed by atoms with Gasteiger partial charge in [-0.3, -0.25) is 10.1 Å². The van der Waals surface area contributed by atoms with Crippen molar-refractivity contribution in [3.63, 3.8) is 0 Å². The van der Waals surface area contributed by atoms with E-state index in [0.29, 0.717) is 26.2 Å². The Bertz CT molecular complexity index is 673. The van der Waals surface area contributed by atoms with Gasteiger partial charge in [-0.1, -0.05) is 46.4 Å². The van der Waals surface area contributed by atoms with Gasteiger partial charge in [-0.25, -0.2) is 0 Å². The molecule has 0 N–H and O–H groups in total. The lowest BCUT2D eigenvalue weighted by molar-refractivity contribution is -0.384. The predicted octanol–water partition coefficient (Wildman–Crippen LogP) is 5.88. The van der Waals surface area contributed by atoms with Crippen LogP contribution < -0.4 is 0 Å². The van der Waals surface area contributed by atoms with Gasteiger partial charge in [0, 0.05) is 28.3 Å². The van der Waals surface area contributed by atoms with E-state index >= 15 is 0 Å². The van der Waals surface area contributed by atoms with Crippen LogP contribution in [0.2, 0.25) is 20.1 Å². The van der Waals surface area contributed by atoms with E-state index in [0.717, 1.165) is 0 Å². The average Bonchev–Trinajstić information content (AvgIpc) is 2.33. The molecule has 3 nitrogen and oxygen atoms in total. The Hall–Kier alpha value is -1.000. The monoisotopic (exact) mass is 335 g/mol. The summed E-state index contributed by atoms with van der Waals surface area (Å²) in [5.41, 5.74) is 0.957. The van der Waals surface area contributed by atoms with Crippen molar-refractivity contribution in [2.75, 3.05) is 0 Å². The second-order valence-electron chi connectivity index (χ2n) is 3.67. The molecular formula is C12H5Cl4NO2. The fraction of sp³-hybridized carbons (Fsp3) is 0. The van der Waals surface area contributed by atoms with Crippen molar-refractivity contribution in [2.45, 2.75) is 0 Å². The zero-order valence-electron chi connectivity index (χ0n) is 9.16. The van der Waals surface area contributed by atoms with E-state index < -0.39 is 4.92 Å². The molecule has 0 aromatic heterocycles.